The summed E-state index contributed by atoms with van der Waals surface area (Å²) in [5.41, 5.74) is 8.75. The second kappa shape index (κ2) is 6.25. The number of aromatic nitrogens is 2. The molecule has 0 amide bonds. The van der Waals surface area contributed by atoms with E-state index >= 15 is 0 Å². The second-order valence-electron chi connectivity index (χ2n) is 4.77. The van der Waals surface area contributed by atoms with Crippen molar-refractivity contribution in [2.45, 2.75) is 0 Å². The molecule has 0 saturated heterocycles. The molecule has 2 aromatic heterocycles. The van der Waals surface area contributed by atoms with Gasteiger partial charge in [-0.2, -0.15) is 5.26 Å². The summed E-state index contributed by atoms with van der Waals surface area (Å²) < 4.78 is 0. The number of pyridine rings is 2. The predicted molar refractivity (Wildman–Crippen MR) is 92.1 cm³/mol. The monoisotopic (exact) mass is 340 g/mol. The Hall–Kier alpha value is -2.61. The Morgan fingerprint density at radius 2 is 1.83 bits per heavy atom. The zero-order valence-corrected chi connectivity index (χ0v) is 13.3. The molecule has 0 unspecified atom stereocenters. The summed E-state index contributed by atoms with van der Waals surface area (Å²) in [6, 6.07) is 14.4. The van der Waals surface area contributed by atoms with Gasteiger partial charge >= 0.3 is 0 Å². The van der Waals surface area contributed by atoms with Crippen LogP contribution in [0.5, 0.6) is 0 Å². The first kappa shape index (κ1) is 15.3. The topological polar surface area (TPSA) is 75.6 Å². The molecule has 0 radical (unpaired) electrons. The van der Waals surface area contributed by atoms with Gasteiger partial charge < -0.3 is 5.73 Å². The number of nitrogens with two attached hydrogens (primary N) is 1. The van der Waals surface area contributed by atoms with E-state index in [1.165, 1.54) is 0 Å². The number of anilines is 1. The van der Waals surface area contributed by atoms with Crippen molar-refractivity contribution in [2.75, 3.05) is 5.73 Å². The van der Waals surface area contributed by atoms with Crippen LogP contribution in [0.2, 0.25) is 10.0 Å². The minimum atomic E-state index is 0.136. The minimum absolute atomic E-state index is 0.136. The van der Waals surface area contributed by atoms with Gasteiger partial charge in [0.15, 0.2) is 0 Å². The SMILES string of the molecule is N#Cc1c(-c2ccccn2)cc(-c2ccc(Cl)cc2Cl)nc1N. The van der Waals surface area contributed by atoms with E-state index in [0.29, 0.717) is 32.6 Å². The third-order valence-electron chi connectivity index (χ3n) is 3.31. The molecule has 112 valence electrons. The van der Waals surface area contributed by atoms with Crippen molar-refractivity contribution in [3.63, 3.8) is 0 Å². The van der Waals surface area contributed by atoms with E-state index in [-0.39, 0.29) is 11.4 Å². The highest BCUT2D eigenvalue weighted by Crippen LogP contribution is 2.34. The fourth-order valence-corrected chi connectivity index (χ4v) is 2.75. The Morgan fingerprint density at radius 1 is 1.00 bits per heavy atom. The highest BCUT2D eigenvalue weighted by atomic mass is 35.5. The van der Waals surface area contributed by atoms with Gasteiger partial charge in [0.1, 0.15) is 17.5 Å². The summed E-state index contributed by atoms with van der Waals surface area (Å²) in [6.07, 6.45) is 1.65. The number of nitrogen functional groups attached to an aromatic ring is 1. The van der Waals surface area contributed by atoms with Gasteiger partial charge in [-0.25, -0.2) is 4.98 Å². The van der Waals surface area contributed by atoms with E-state index in [2.05, 4.69) is 16.0 Å². The van der Waals surface area contributed by atoms with E-state index < -0.39 is 0 Å². The maximum atomic E-state index is 9.37. The van der Waals surface area contributed by atoms with Crippen molar-refractivity contribution in [1.29, 1.82) is 5.26 Å². The van der Waals surface area contributed by atoms with E-state index in [0.717, 1.165) is 0 Å². The lowest BCUT2D eigenvalue weighted by Crippen LogP contribution is -2.00. The third kappa shape index (κ3) is 2.98. The van der Waals surface area contributed by atoms with Gasteiger partial charge in [0, 0.05) is 22.3 Å². The number of halogens is 2. The van der Waals surface area contributed by atoms with Crippen molar-refractivity contribution in [1.82, 2.24) is 9.97 Å². The van der Waals surface area contributed by atoms with Crippen molar-refractivity contribution in [2.24, 2.45) is 0 Å². The van der Waals surface area contributed by atoms with Crippen molar-refractivity contribution < 1.29 is 0 Å². The molecule has 0 aliphatic rings. The standard InChI is InChI=1S/C17H10Cl2N4/c18-10-4-5-11(14(19)7-10)16-8-12(13(9-20)17(21)23-16)15-3-1-2-6-22-15/h1-8H,(H2,21,23). The van der Waals surface area contributed by atoms with Gasteiger partial charge in [0.05, 0.1) is 16.4 Å². The molecule has 0 bridgehead atoms. The summed E-state index contributed by atoms with van der Waals surface area (Å²) >= 11 is 12.2. The lowest BCUT2D eigenvalue weighted by molar-refractivity contribution is 1.27. The van der Waals surface area contributed by atoms with Crippen LogP contribution in [0.3, 0.4) is 0 Å². The van der Waals surface area contributed by atoms with Crippen molar-refractivity contribution in [3.8, 4) is 28.6 Å². The Bertz CT molecular complexity index is 918. The highest BCUT2D eigenvalue weighted by molar-refractivity contribution is 6.36. The van der Waals surface area contributed by atoms with Crippen LogP contribution in [0.25, 0.3) is 22.5 Å². The van der Waals surface area contributed by atoms with Gasteiger partial charge in [-0.05, 0) is 36.4 Å². The normalized spacial score (nSPS) is 10.3. The molecular formula is C17H10Cl2N4. The molecule has 3 aromatic rings. The zero-order chi connectivity index (χ0) is 16.4. The molecule has 6 heteroatoms. The fourth-order valence-electron chi connectivity index (χ4n) is 2.24. The predicted octanol–water partition coefficient (Wildman–Crippen LogP) is 4.57. The molecular weight excluding hydrogens is 331 g/mol. The molecule has 0 saturated carbocycles. The number of nitrogens with zero attached hydrogens (tertiary/aromatic N) is 3. The lowest BCUT2D eigenvalue weighted by atomic mass is 10.0. The molecule has 0 fully saturated rings. The van der Waals surface area contributed by atoms with Crippen LogP contribution in [0.15, 0.2) is 48.7 Å². The van der Waals surface area contributed by atoms with Crippen molar-refractivity contribution in [3.05, 3.63) is 64.3 Å². The summed E-state index contributed by atoms with van der Waals surface area (Å²) in [5, 5.41) is 10.4. The Balaban J connectivity index is 2.25. The van der Waals surface area contributed by atoms with E-state index in [4.69, 9.17) is 28.9 Å². The van der Waals surface area contributed by atoms with Crippen LogP contribution in [0, 0.1) is 11.3 Å². The average molecular weight is 341 g/mol. The number of nitriles is 1. The van der Waals surface area contributed by atoms with Crippen LogP contribution in [0.4, 0.5) is 5.82 Å². The molecule has 1 aromatic carbocycles. The number of hydrogen-bond acceptors (Lipinski definition) is 4. The first-order valence-corrected chi connectivity index (χ1v) is 7.43. The first-order valence-electron chi connectivity index (χ1n) is 6.67. The summed E-state index contributed by atoms with van der Waals surface area (Å²) in [6.45, 7) is 0. The first-order chi connectivity index (χ1) is 11.1. The summed E-state index contributed by atoms with van der Waals surface area (Å²) in [5.74, 6) is 0.136. The van der Waals surface area contributed by atoms with Crippen LogP contribution in [0.1, 0.15) is 5.56 Å². The molecule has 0 atom stereocenters. The Labute approximate surface area is 143 Å². The van der Waals surface area contributed by atoms with Gasteiger partial charge in [0.2, 0.25) is 0 Å². The van der Waals surface area contributed by atoms with Gasteiger partial charge in [-0.1, -0.05) is 29.3 Å². The zero-order valence-electron chi connectivity index (χ0n) is 11.8. The smallest absolute Gasteiger partial charge is 0.142 e. The average Bonchev–Trinajstić information content (AvgIpc) is 2.55. The van der Waals surface area contributed by atoms with E-state index in [1.54, 1.807) is 36.5 Å². The van der Waals surface area contributed by atoms with E-state index in [1.807, 2.05) is 12.1 Å². The molecule has 3 rings (SSSR count). The molecule has 2 heterocycles. The Kier molecular flexibility index (Phi) is 4.16. The maximum Gasteiger partial charge on any atom is 0.142 e. The summed E-state index contributed by atoms with van der Waals surface area (Å²) in [4.78, 5) is 8.57. The third-order valence-corrected chi connectivity index (χ3v) is 3.85. The van der Waals surface area contributed by atoms with Crippen LogP contribution in [-0.4, -0.2) is 9.97 Å². The fraction of sp³-hybridized carbons (Fsp3) is 0. The number of benzene rings is 1. The molecule has 4 nitrogen and oxygen atoms in total. The van der Waals surface area contributed by atoms with Crippen LogP contribution >= 0.6 is 23.2 Å². The van der Waals surface area contributed by atoms with Gasteiger partial charge in [-0.15, -0.1) is 0 Å². The molecule has 0 spiro atoms. The van der Waals surface area contributed by atoms with Crippen LogP contribution in [-0.2, 0) is 0 Å². The molecule has 23 heavy (non-hydrogen) atoms. The van der Waals surface area contributed by atoms with Gasteiger partial charge in [-0.3, -0.25) is 4.98 Å². The second-order valence-corrected chi connectivity index (χ2v) is 5.61. The minimum Gasteiger partial charge on any atom is -0.383 e. The van der Waals surface area contributed by atoms with Crippen LogP contribution < -0.4 is 5.73 Å². The largest absolute Gasteiger partial charge is 0.383 e. The Morgan fingerprint density at radius 3 is 2.48 bits per heavy atom. The number of hydrogen-bond donors (Lipinski definition) is 1. The number of rotatable bonds is 2. The molecule has 0 aliphatic heterocycles. The quantitative estimate of drug-likeness (QED) is 0.741. The van der Waals surface area contributed by atoms with Gasteiger partial charge in [0.25, 0.3) is 0 Å². The molecule has 0 aliphatic carbocycles. The summed E-state index contributed by atoms with van der Waals surface area (Å²) in [7, 11) is 0. The maximum absolute atomic E-state index is 9.37. The highest BCUT2D eigenvalue weighted by Gasteiger charge is 2.15. The molecule has 2 N–H and O–H groups in total. The van der Waals surface area contributed by atoms with E-state index in [9.17, 15) is 5.26 Å². The van der Waals surface area contributed by atoms with Crippen molar-refractivity contribution >= 4 is 29.0 Å². The lowest BCUT2D eigenvalue weighted by Gasteiger charge is -2.10.